The summed E-state index contributed by atoms with van der Waals surface area (Å²) in [4.78, 5) is 24.7. The van der Waals surface area contributed by atoms with Crippen molar-refractivity contribution >= 4 is 11.6 Å². The van der Waals surface area contributed by atoms with E-state index in [0.29, 0.717) is 18.7 Å². The summed E-state index contributed by atoms with van der Waals surface area (Å²) in [5.74, 6) is 0.173. The number of nitro groups is 1. The van der Waals surface area contributed by atoms with Crippen LogP contribution in [0.15, 0.2) is 48.5 Å². The van der Waals surface area contributed by atoms with Gasteiger partial charge >= 0.3 is 5.69 Å². The van der Waals surface area contributed by atoms with Gasteiger partial charge < -0.3 is 9.64 Å². The van der Waals surface area contributed by atoms with Crippen molar-refractivity contribution in [1.82, 2.24) is 4.90 Å². The largest absolute Gasteiger partial charge is 0.482 e. The molecule has 0 radical (unpaired) electrons. The van der Waals surface area contributed by atoms with Crippen LogP contribution in [0.5, 0.6) is 5.75 Å². The minimum atomic E-state index is -0.476. The van der Waals surface area contributed by atoms with Crippen LogP contribution in [0.25, 0.3) is 0 Å². The molecule has 6 nitrogen and oxygen atoms in total. The van der Waals surface area contributed by atoms with Crippen LogP contribution in [0, 0.1) is 10.1 Å². The van der Waals surface area contributed by atoms with Crippen molar-refractivity contribution in [3.63, 3.8) is 0 Å². The Balaban J connectivity index is 2.18. The third-order valence-corrected chi connectivity index (χ3v) is 3.93. The summed E-state index contributed by atoms with van der Waals surface area (Å²) in [5, 5.41) is 11.2. The molecule has 6 heteroatoms. The second-order valence-corrected chi connectivity index (χ2v) is 5.58. The zero-order chi connectivity index (χ0) is 18.2. The predicted molar refractivity (Wildman–Crippen MR) is 95.5 cm³/mol. The Morgan fingerprint density at radius 2 is 1.76 bits per heavy atom. The smallest absolute Gasteiger partial charge is 0.310 e. The van der Waals surface area contributed by atoms with Crippen LogP contribution in [0.3, 0.4) is 0 Å². The molecule has 0 bridgehead atoms. The molecule has 0 aromatic heterocycles. The zero-order valence-corrected chi connectivity index (χ0v) is 14.5. The van der Waals surface area contributed by atoms with Gasteiger partial charge in [-0.1, -0.05) is 36.4 Å². The van der Waals surface area contributed by atoms with Crippen molar-refractivity contribution < 1.29 is 14.5 Å². The molecule has 0 aliphatic rings. The van der Waals surface area contributed by atoms with Gasteiger partial charge in [0.2, 0.25) is 5.91 Å². The van der Waals surface area contributed by atoms with Crippen molar-refractivity contribution in [2.45, 2.75) is 26.9 Å². The lowest BCUT2D eigenvalue weighted by molar-refractivity contribution is -0.386. The van der Waals surface area contributed by atoms with Crippen molar-refractivity contribution in [1.29, 1.82) is 0 Å². The Bertz CT molecular complexity index is 727. The van der Waals surface area contributed by atoms with Crippen molar-refractivity contribution in [3.05, 3.63) is 69.8 Å². The minimum Gasteiger partial charge on any atom is -0.482 e. The summed E-state index contributed by atoms with van der Waals surface area (Å²) in [6, 6.07) is 14.0. The van der Waals surface area contributed by atoms with Gasteiger partial charge in [0, 0.05) is 19.2 Å². The fourth-order valence-electron chi connectivity index (χ4n) is 2.53. The van der Waals surface area contributed by atoms with Gasteiger partial charge in [-0.05, 0) is 31.0 Å². The van der Waals surface area contributed by atoms with E-state index in [2.05, 4.69) is 0 Å². The van der Waals surface area contributed by atoms with Crippen LogP contribution in [-0.4, -0.2) is 28.8 Å². The number of carbonyl (C=O) groups excluding carboxylic acids is 1. The average Bonchev–Trinajstić information content (AvgIpc) is 2.61. The molecule has 0 heterocycles. The molecule has 1 amide bonds. The highest BCUT2D eigenvalue weighted by Crippen LogP contribution is 2.29. The maximum absolute atomic E-state index is 12.2. The Labute approximate surface area is 147 Å². The fourth-order valence-corrected chi connectivity index (χ4v) is 2.53. The van der Waals surface area contributed by atoms with E-state index in [1.807, 2.05) is 44.2 Å². The quantitative estimate of drug-likeness (QED) is 0.543. The second kappa shape index (κ2) is 8.82. The summed E-state index contributed by atoms with van der Waals surface area (Å²) >= 11 is 0. The minimum absolute atomic E-state index is 0.00661. The zero-order valence-electron chi connectivity index (χ0n) is 14.5. The first-order chi connectivity index (χ1) is 12.0. The van der Waals surface area contributed by atoms with Gasteiger partial charge in [-0.2, -0.15) is 0 Å². The van der Waals surface area contributed by atoms with E-state index >= 15 is 0 Å². The highest BCUT2D eigenvalue weighted by molar-refractivity contribution is 5.79. The van der Waals surface area contributed by atoms with E-state index in [-0.39, 0.29) is 30.4 Å². The number of ether oxygens (including phenoxy) is 1. The first-order valence-electron chi connectivity index (χ1n) is 8.27. The van der Waals surface area contributed by atoms with Gasteiger partial charge in [-0.3, -0.25) is 14.9 Å². The number of hydrogen-bond acceptors (Lipinski definition) is 4. The van der Waals surface area contributed by atoms with Crippen molar-refractivity contribution in [3.8, 4) is 5.75 Å². The molecule has 132 valence electrons. The maximum Gasteiger partial charge on any atom is 0.310 e. The Hall–Kier alpha value is -2.89. The normalized spacial score (nSPS) is 10.3. The number of benzene rings is 2. The van der Waals surface area contributed by atoms with E-state index in [1.165, 1.54) is 6.07 Å². The molecule has 0 aliphatic carbocycles. The van der Waals surface area contributed by atoms with Crippen molar-refractivity contribution in [2.24, 2.45) is 0 Å². The van der Waals surface area contributed by atoms with Crippen LogP contribution >= 0.6 is 0 Å². The highest BCUT2D eigenvalue weighted by Gasteiger charge is 2.18. The third-order valence-electron chi connectivity index (χ3n) is 3.93. The van der Waals surface area contributed by atoms with E-state index in [4.69, 9.17) is 4.74 Å². The lowest BCUT2D eigenvalue weighted by Crippen LogP contribution is -2.31. The molecule has 2 aromatic rings. The summed E-state index contributed by atoms with van der Waals surface area (Å²) in [5.41, 5.74) is 1.52. The van der Waals surface area contributed by atoms with Crippen LogP contribution in [0.4, 0.5) is 5.69 Å². The second-order valence-electron chi connectivity index (χ2n) is 5.58. The topological polar surface area (TPSA) is 72.7 Å². The Kier molecular flexibility index (Phi) is 6.51. The van der Waals surface area contributed by atoms with Crippen LogP contribution in [0.1, 0.15) is 25.0 Å². The molecule has 2 aromatic carbocycles. The Morgan fingerprint density at radius 1 is 1.08 bits per heavy atom. The first-order valence-corrected chi connectivity index (χ1v) is 8.27. The molecule has 2 rings (SSSR count). The van der Waals surface area contributed by atoms with E-state index < -0.39 is 4.92 Å². The summed E-state index contributed by atoms with van der Waals surface area (Å²) in [7, 11) is 0. The van der Waals surface area contributed by atoms with Crippen LogP contribution < -0.4 is 4.74 Å². The lowest BCUT2D eigenvalue weighted by Gasteiger charge is -2.18. The molecular formula is C19H22N2O4. The molecule has 0 unspecified atom stereocenters. The number of amides is 1. The molecule has 0 saturated carbocycles. The first kappa shape index (κ1) is 18.4. The van der Waals surface area contributed by atoms with Crippen molar-refractivity contribution in [2.75, 3.05) is 13.1 Å². The summed E-state index contributed by atoms with van der Waals surface area (Å²) in [6.45, 7) is 5.35. The number of rotatable bonds is 8. The highest BCUT2D eigenvalue weighted by atomic mass is 16.6. The summed E-state index contributed by atoms with van der Waals surface area (Å²) in [6.07, 6.45) is 0.196. The van der Waals surface area contributed by atoms with Gasteiger partial charge in [0.15, 0.2) is 5.75 Å². The number of nitrogens with zero attached hydrogens (tertiary/aromatic N) is 2. The molecule has 0 spiro atoms. The monoisotopic (exact) mass is 342 g/mol. The number of hydrogen-bond donors (Lipinski definition) is 0. The summed E-state index contributed by atoms with van der Waals surface area (Å²) < 4.78 is 5.65. The Morgan fingerprint density at radius 3 is 2.36 bits per heavy atom. The van der Waals surface area contributed by atoms with Gasteiger partial charge in [-0.25, -0.2) is 0 Å². The van der Waals surface area contributed by atoms with Gasteiger partial charge in [0.05, 0.1) is 11.3 Å². The SMILES string of the molecule is CCN(CC)C(=O)Cc1ccc([N+](=O)[O-])c(OCc2ccccc2)c1. The van der Waals surface area contributed by atoms with Gasteiger partial charge in [0.25, 0.3) is 0 Å². The van der Waals surface area contributed by atoms with Gasteiger partial charge in [-0.15, -0.1) is 0 Å². The molecule has 0 N–H and O–H groups in total. The van der Waals surface area contributed by atoms with Crippen LogP contribution in [0.2, 0.25) is 0 Å². The maximum atomic E-state index is 12.2. The molecular weight excluding hydrogens is 320 g/mol. The number of carbonyl (C=O) groups is 1. The average molecular weight is 342 g/mol. The van der Waals surface area contributed by atoms with Gasteiger partial charge in [0.1, 0.15) is 6.61 Å². The standard InChI is InChI=1S/C19H22N2O4/c1-3-20(4-2)19(22)13-16-10-11-17(21(23)24)18(12-16)25-14-15-8-6-5-7-9-15/h5-12H,3-4,13-14H2,1-2H3. The molecule has 0 saturated heterocycles. The number of likely N-dealkylation sites (N-methyl/N-ethyl adjacent to an activating group) is 1. The van der Waals surface area contributed by atoms with Crippen LogP contribution in [-0.2, 0) is 17.8 Å². The van der Waals surface area contributed by atoms with E-state index in [9.17, 15) is 14.9 Å². The number of nitro benzene ring substituents is 1. The molecule has 0 aliphatic heterocycles. The third kappa shape index (κ3) is 5.04. The molecule has 0 fully saturated rings. The predicted octanol–water partition coefficient (Wildman–Crippen LogP) is 3.58. The lowest BCUT2D eigenvalue weighted by atomic mass is 10.1. The van der Waals surface area contributed by atoms with E-state index in [0.717, 1.165) is 5.56 Å². The fraction of sp³-hybridized carbons (Fsp3) is 0.316. The van der Waals surface area contributed by atoms with E-state index in [1.54, 1.807) is 17.0 Å². The molecule has 0 atom stereocenters. The molecule has 25 heavy (non-hydrogen) atoms.